The number of aliphatic hydroxyl groups excluding tert-OH is 1. The van der Waals surface area contributed by atoms with Crippen molar-refractivity contribution in [1.29, 1.82) is 0 Å². The highest BCUT2D eigenvalue weighted by molar-refractivity contribution is 5.27. The van der Waals surface area contributed by atoms with Crippen LogP contribution in [-0.4, -0.2) is 11.7 Å². The van der Waals surface area contributed by atoms with Gasteiger partial charge in [0, 0.05) is 5.56 Å². The van der Waals surface area contributed by atoms with Crippen LogP contribution in [-0.2, 0) is 6.42 Å². The van der Waals surface area contributed by atoms with E-state index in [4.69, 9.17) is 4.74 Å². The van der Waals surface area contributed by atoms with Crippen molar-refractivity contribution in [2.24, 2.45) is 0 Å². The smallest absolute Gasteiger partial charge is 0.129 e. The highest BCUT2D eigenvalue weighted by Crippen LogP contribution is 2.19. The van der Waals surface area contributed by atoms with Crippen LogP contribution in [0.5, 0.6) is 5.75 Å². The van der Waals surface area contributed by atoms with Gasteiger partial charge in [-0.15, -0.1) is 0 Å². The third-order valence-corrected chi connectivity index (χ3v) is 3.13. The number of benzene rings is 2. The first-order valence-electron chi connectivity index (χ1n) is 6.85. The number of hydrogen-bond donors (Lipinski definition) is 1. The molecule has 3 heteroatoms. The largest absolute Gasteiger partial charge is 0.491 e. The van der Waals surface area contributed by atoms with E-state index in [1.54, 1.807) is 18.2 Å². The lowest BCUT2D eigenvalue weighted by Gasteiger charge is -2.13. The number of aliphatic hydroxyl groups is 1. The predicted molar refractivity (Wildman–Crippen MR) is 77.3 cm³/mol. The summed E-state index contributed by atoms with van der Waals surface area (Å²) in [4.78, 5) is 0. The van der Waals surface area contributed by atoms with Crippen molar-refractivity contribution in [3.63, 3.8) is 0 Å². The Morgan fingerprint density at radius 2 is 1.80 bits per heavy atom. The molecule has 0 saturated carbocycles. The summed E-state index contributed by atoms with van der Waals surface area (Å²) in [6.45, 7) is 2.17. The van der Waals surface area contributed by atoms with Crippen molar-refractivity contribution < 1.29 is 14.2 Å². The molecule has 0 bridgehead atoms. The van der Waals surface area contributed by atoms with Crippen LogP contribution in [0.3, 0.4) is 0 Å². The molecule has 1 unspecified atom stereocenters. The Kier molecular flexibility index (Phi) is 5.13. The Labute approximate surface area is 118 Å². The first-order chi connectivity index (χ1) is 9.70. The summed E-state index contributed by atoms with van der Waals surface area (Å²) in [6.07, 6.45) is 1.18. The van der Waals surface area contributed by atoms with E-state index in [0.29, 0.717) is 5.75 Å². The molecule has 20 heavy (non-hydrogen) atoms. The second kappa shape index (κ2) is 7.06. The van der Waals surface area contributed by atoms with Crippen molar-refractivity contribution in [2.45, 2.75) is 25.9 Å². The molecule has 0 aliphatic carbocycles. The molecule has 0 amide bonds. The zero-order valence-corrected chi connectivity index (χ0v) is 11.6. The van der Waals surface area contributed by atoms with E-state index in [1.165, 1.54) is 11.6 Å². The standard InChI is InChI=1S/C17H19FO2/c1-2-5-13-8-10-14(11-9-13)20-12-17(19)15-6-3-4-7-16(15)18/h3-4,6-11,17,19H,2,5,12H2,1H3. The lowest BCUT2D eigenvalue weighted by Crippen LogP contribution is -2.11. The van der Waals surface area contributed by atoms with Gasteiger partial charge >= 0.3 is 0 Å². The fourth-order valence-electron chi connectivity index (χ4n) is 2.05. The topological polar surface area (TPSA) is 29.5 Å². The predicted octanol–water partition coefficient (Wildman–Crippen LogP) is 3.89. The summed E-state index contributed by atoms with van der Waals surface area (Å²) >= 11 is 0. The summed E-state index contributed by atoms with van der Waals surface area (Å²) in [7, 11) is 0. The number of ether oxygens (including phenoxy) is 1. The molecule has 2 aromatic carbocycles. The van der Waals surface area contributed by atoms with Crippen LogP contribution in [0.1, 0.15) is 30.6 Å². The molecule has 2 rings (SSSR count). The Morgan fingerprint density at radius 1 is 1.10 bits per heavy atom. The summed E-state index contributed by atoms with van der Waals surface area (Å²) in [6, 6.07) is 14.0. The molecule has 1 atom stereocenters. The maximum absolute atomic E-state index is 13.5. The minimum Gasteiger partial charge on any atom is -0.491 e. The fourth-order valence-corrected chi connectivity index (χ4v) is 2.05. The number of hydrogen-bond acceptors (Lipinski definition) is 2. The van der Waals surface area contributed by atoms with Crippen LogP contribution in [0.4, 0.5) is 4.39 Å². The average Bonchev–Trinajstić information content (AvgIpc) is 2.47. The minimum absolute atomic E-state index is 0.0358. The van der Waals surface area contributed by atoms with Crippen molar-refractivity contribution in [3.8, 4) is 5.75 Å². The minimum atomic E-state index is -0.966. The maximum atomic E-state index is 13.5. The Hall–Kier alpha value is -1.87. The van der Waals surface area contributed by atoms with Gasteiger partial charge in [-0.3, -0.25) is 0 Å². The molecular formula is C17H19FO2. The molecule has 106 valence electrons. The number of aryl methyl sites for hydroxylation is 1. The lowest BCUT2D eigenvalue weighted by molar-refractivity contribution is 0.105. The zero-order chi connectivity index (χ0) is 14.4. The molecule has 0 heterocycles. The van der Waals surface area contributed by atoms with E-state index in [0.717, 1.165) is 12.8 Å². The van der Waals surface area contributed by atoms with E-state index in [1.807, 2.05) is 24.3 Å². The van der Waals surface area contributed by atoms with Crippen LogP contribution in [0, 0.1) is 5.82 Å². The van der Waals surface area contributed by atoms with Gasteiger partial charge < -0.3 is 9.84 Å². The van der Waals surface area contributed by atoms with Gasteiger partial charge in [-0.05, 0) is 30.2 Å². The molecule has 0 spiro atoms. The monoisotopic (exact) mass is 274 g/mol. The van der Waals surface area contributed by atoms with Gasteiger partial charge in [0.2, 0.25) is 0 Å². The Morgan fingerprint density at radius 3 is 2.45 bits per heavy atom. The number of halogens is 1. The Bertz CT molecular complexity index is 537. The van der Waals surface area contributed by atoms with Crippen LogP contribution >= 0.6 is 0 Å². The van der Waals surface area contributed by atoms with Crippen LogP contribution < -0.4 is 4.74 Å². The fraction of sp³-hybridized carbons (Fsp3) is 0.294. The van der Waals surface area contributed by atoms with Gasteiger partial charge in [0.1, 0.15) is 24.3 Å². The third-order valence-electron chi connectivity index (χ3n) is 3.13. The molecule has 0 saturated heterocycles. The second-order valence-corrected chi connectivity index (χ2v) is 4.74. The highest BCUT2D eigenvalue weighted by Gasteiger charge is 2.12. The molecule has 0 radical (unpaired) electrons. The SMILES string of the molecule is CCCc1ccc(OCC(O)c2ccccc2F)cc1. The summed E-state index contributed by atoms with van der Waals surface area (Å²) in [5.74, 6) is 0.266. The summed E-state index contributed by atoms with van der Waals surface area (Å²) in [5, 5.41) is 9.94. The molecule has 2 aromatic rings. The van der Waals surface area contributed by atoms with Crippen molar-refractivity contribution in [2.75, 3.05) is 6.61 Å². The van der Waals surface area contributed by atoms with Crippen LogP contribution in [0.15, 0.2) is 48.5 Å². The van der Waals surface area contributed by atoms with Crippen molar-refractivity contribution in [3.05, 3.63) is 65.5 Å². The van der Waals surface area contributed by atoms with Gasteiger partial charge in [-0.25, -0.2) is 4.39 Å². The third kappa shape index (κ3) is 3.81. The average molecular weight is 274 g/mol. The van der Waals surface area contributed by atoms with Gasteiger partial charge in [-0.1, -0.05) is 43.7 Å². The zero-order valence-electron chi connectivity index (χ0n) is 11.6. The first-order valence-corrected chi connectivity index (χ1v) is 6.85. The van der Waals surface area contributed by atoms with E-state index in [-0.39, 0.29) is 12.2 Å². The molecule has 2 nitrogen and oxygen atoms in total. The molecule has 0 aliphatic rings. The normalized spacial score (nSPS) is 12.2. The van der Waals surface area contributed by atoms with Crippen molar-refractivity contribution in [1.82, 2.24) is 0 Å². The van der Waals surface area contributed by atoms with E-state index < -0.39 is 11.9 Å². The van der Waals surface area contributed by atoms with Gasteiger partial charge in [-0.2, -0.15) is 0 Å². The first kappa shape index (κ1) is 14.5. The molecule has 0 aromatic heterocycles. The quantitative estimate of drug-likeness (QED) is 0.866. The highest BCUT2D eigenvalue weighted by atomic mass is 19.1. The van der Waals surface area contributed by atoms with E-state index >= 15 is 0 Å². The van der Waals surface area contributed by atoms with Gasteiger partial charge in [0.25, 0.3) is 0 Å². The van der Waals surface area contributed by atoms with E-state index in [2.05, 4.69) is 6.92 Å². The van der Waals surface area contributed by atoms with Crippen LogP contribution in [0.25, 0.3) is 0 Å². The summed E-state index contributed by atoms with van der Waals surface area (Å²) < 4.78 is 19.0. The maximum Gasteiger partial charge on any atom is 0.129 e. The van der Waals surface area contributed by atoms with Crippen LogP contribution in [0.2, 0.25) is 0 Å². The Balaban J connectivity index is 1.93. The van der Waals surface area contributed by atoms with Gasteiger partial charge in [0.05, 0.1) is 0 Å². The lowest BCUT2D eigenvalue weighted by atomic mass is 10.1. The molecule has 0 fully saturated rings. The molecule has 1 N–H and O–H groups in total. The van der Waals surface area contributed by atoms with E-state index in [9.17, 15) is 9.50 Å². The number of rotatable bonds is 6. The molecule has 0 aliphatic heterocycles. The second-order valence-electron chi connectivity index (χ2n) is 4.74. The van der Waals surface area contributed by atoms with Gasteiger partial charge in [0.15, 0.2) is 0 Å². The molecular weight excluding hydrogens is 255 g/mol. The van der Waals surface area contributed by atoms with Crippen molar-refractivity contribution >= 4 is 0 Å². The summed E-state index contributed by atoms with van der Waals surface area (Å²) in [5.41, 5.74) is 1.52.